The fourth-order valence-electron chi connectivity index (χ4n) is 7.00. The number of halogens is 6. The van der Waals surface area contributed by atoms with Crippen LogP contribution in [0.15, 0.2) is 18.3 Å². The molecule has 2 saturated heterocycles. The van der Waals surface area contributed by atoms with Gasteiger partial charge in [-0.15, -0.1) is 0 Å². The normalized spacial score (nSPS) is 18.2. The summed E-state index contributed by atoms with van der Waals surface area (Å²) in [6, 6.07) is 1.21. The Bertz CT molecular complexity index is 1890. The maximum atomic E-state index is 16.7. The molecule has 4 N–H and O–H groups in total. The fraction of sp³-hybridized carbons (Fsp3) is 0.433. The van der Waals surface area contributed by atoms with Crippen molar-refractivity contribution in [1.29, 1.82) is 0 Å². The molecule has 0 aliphatic carbocycles. The first-order chi connectivity index (χ1) is 22.4. The molecule has 7 heterocycles. The van der Waals surface area contributed by atoms with Crippen LogP contribution in [0.5, 0.6) is 11.9 Å². The molecule has 0 amide bonds. The van der Waals surface area contributed by atoms with Gasteiger partial charge in [0.05, 0.1) is 24.3 Å². The van der Waals surface area contributed by atoms with Crippen molar-refractivity contribution >= 4 is 40.0 Å². The van der Waals surface area contributed by atoms with Gasteiger partial charge in [0.25, 0.3) is 0 Å². The Morgan fingerprint density at radius 2 is 1.81 bits per heavy atom. The van der Waals surface area contributed by atoms with Gasteiger partial charge >= 0.3 is 12.2 Å². The summed E-state index contributed by atoms with van der Waals surface area (Å²) < 4.78 is 85.8. The van der Waals surface area contributed by atoms with E-state index in [-0.39, 0.29) is 60.0 Å². The van der Waals surface area contributed by atoms with Gasteiger partial charge in [0.2, 0.25) is 5.88 Å². The van der Waals surface area contributed by atoms with Gasteiger partial charge in [-0.3, -0.25) is 4.90 Å². The molecule has 0 saturated carbocycles. The molecule has 3 aliphatic rings. The lowest BCUT2D eigenvalue weighted by molar-refractivity contribution is -0.137. The zero-order chi connectivity index (χ0) is 33.2. The van der Waals surface area contributed by atoms with Gasteiger partial charge in [-0.05, 0) is 57.8 Å². The van der Waals surface area contributed by atoms with Gasteiger partial charge in [0, 0.05) is 11.1 Å². The number of alkyl halides is 3. The summed E-state index contributed by atoms with van der Waals surface area (Å²) in [6.45, 7) is 3.89. The molecule has 248 valence electrons. The van der Waals surface area contributed by atoms with Crippen LogP contribution in [0.4, 0.5) is 39.4 Å². The van der Waals surface area contributed by atoms with Crippen molar-refractivity contribution in [3.8, 4) is 23.1 Å². The summed E-state index contributed by atoms with van der Waals surface area (Å²) in [6.07, 6.45) is -0.212. The van der Waals surface area contributed by atoms with Crippen molar-refractivity contribution in [3.63, 3.8) is 0 Å². The molecule has 2 fully saturated rings. The molecule has 4 aromatic rings. The van der Waals surface area contributed by atoms with Gasteiger partial charge in [-0.1, -0.05) is 11.6 Å². The van der Waals surface area contributed by atoms with Gasteiger partial charge < -0.3 is 25.8 Å². The number of aromatic nitrogens is 5. The molecule has 7 rings (SSSR count). The molecular formula is C30H29ClF5N9O2. The summed E-state index contributed by atoms with van der Waals surface area (Å²) in [5, 5.41) is -0.986. The first kappa shape index (κ1) is 31.3. The predicted octanol–water partition coefficient (Wildman–Crippen LogP) is 5.56. The average molecular weight is 678 g/mol. The highest BCUT2D eigenvalue weighted by molar-refractivity contribution is 6.30. The third-order valence-corrected chi connectivity index (χ3v) is 9.48. The summed E-state index contributed by atoms with van der Waals surface area (Å²) in [7, 11) is 0. The highest BCUT2D eigenvalue weighted by Gasteiger charge is 2.45. The monoisotopic (exact) mass is 677 g/mol. The minimum Gasteiger partial charge on any atom is -0.475 e. The molecule has 17 heteroatoms. The number of nitrogens with zero attached hydrogens (tertiary/aromatic N) is 7. The van der Waals surface area contributed by atoms with E-state index >= 15 is 4.39 Å². The van der Waals surface area contributed by atoms with E-state index in [2.05, 4.69) is 29.8 Å². The molecular weight excluding hydrogens is 649 g/mol. The van der Waals surface area contributed by atoms with Crippen molar-refractivity contribution in [3.05, 3.63) is 46.2 Å². The summed E-state index contributed by atoms with van der Waals surface area (Å²) in [5.74, 6) is -2.25. The third-order valence-electron chi connectivity index (χ3n) is 9.20. The predicted molar refractivity (Wildman–Crippen MR) is 163 cm³/mol. The smallest absolute Gasteiger partial charge is 0.420 e. The van der Waals surface area contributed by atoms with E-state index < -0.39 is 51.3 Å². The van der Waals surface area contributed by atoms with Gasteiger partial charge in [0.1, 0.15) is 63.8 Å². The molecule has 1 atom stereocenters. The molecule has 0 bridgehead atoms. The summed E-state index contributed by atoms with van der Waals surface area (Å²) in [5.41, 5.74) is 8.68. The second-order valence-electron chi connectivity index (χ2n) is 11.9. The number of hydrogen-bond acceptors (Lipinski definition) is 11. The van der Waals surface area contributed by atoms with E-state index in [1.807, 2.05) is 0 Å². The Morgan fingerprint density at radius 3 is 2.53 bits per heavy atom. The summed E-state index contributed by atoms with van der Waals surface area (Å²) in [4.78, 5) is 24.8. The maximum absolute atomic E-state index is 16.7. The average Bonchev–Trinajstić information content (AvgIpc) is 3.54. The SMILES string of the molecule is CC(c1cc(F)cnc1N)N1CCOc2nc(-c3cc(N)nc(Cl)c3C(F)(F)F)c(F)c3nc(OCC45CCCN4CCC5)nc1c23. The number of anilines is 3. The highest BCUT2D eigenvalue weighted by Crippen LogP contribution is 2.46. The minimum atomic E-state index is -5.03. The fourth-order valence-corrected chi connectivity index (χ4v) is 7.31. The lowest BCUT2D eigenvalue weighted by Gasteiger charge is -2.32. The van der Waals surface area contributed by atoms with E-state index in [0.29, 0.717) is 5.56 Å². The first-order valence-electron chi connectivity index (χ1n) is 15.0. The van der Waals surface area contributed by atoms with Crippen molar-refractivity contribution in [1.82, 2.24) is 29.8 Å². The second-order valence-corrected chi connectivity index (χ2v) is 12.3. The number of ether oxygens (including phenoxy) is 2. The Hall–Kier alpha value is -4.31. The van der Waals surface area contributed by atoms with Crippen molar-refractivity contribution in [2.75, 3.05) is 49.2 Å². The van der Waals surface area contributed by atoms with Crippen LogP contribution in [0.3, 0.4) is 0 Å². The van der Waals surface area contributed by atoms with E-state index in [4.69, 9.17) is 32.5 Å². The van der Waals surface area contributed by atoms with Crippen LogP contribution in [-0.4, -0.2) is 68.2 Å². The topological polar surface area (TPSA) is 141 Å². The molecule has 0 spiro atoms. The molecule has 1 unspecified atom stereocenters. The Labute approximate surface area is 270 Å². The van der Waals surface area contributed by atoms with E-state index in [0.717, 1.165) is 51.0 Å². The van der Waals surface area contributed by atoms with Crippen molar-refractivity contribution < 1.29 is 31.4 Å². The third kappa shape index (κ3) is 5.36. The van der Waals surface area contributed by atoms with Gasteiger partial charge in [-0.2, -0.15) is 23.1 Å². The molecule has 3 aliphatic heterocycles. The maximum Gasteiger partial charge on any atom is 0.420 e. The molecule has 47 heavy (non-hydrogen) atoms. The summed E-state index contributed by atoms with van der Waals surface area (Å²) >= 11 is 5.89. The van der Waals surface area contributed by atoms with Crippen LogP contribution < -0.4 is 25.8 Å². The van der Waals surface area contributed by atoms with E-state index in [1.165, 1.54) is 6.07 Å². The second kappa shape index (κ2) is 11.4. The largest absolute Gasteiger partial charge is 0.475 e. The first-order valence-corrected chi connectivity index (χ1v) is 15.4. The molecule has 0 aromatic carbocycles. The number of nitrogens with two attached hydrogens (primary N) is 2. The van der Waals surface area contributed by atoms with Crippen LogP contribution in [0.1, 0.15) is 49.8 Å². The van der Waals surface area contributed by atoms with Crippen LogP contribution in [0.25, 0.3) is 22.2 Å². The number of hydrogen-bond donors (Lipinski definition) is 2. The highest BCUT2D eigenvalue weighted by atomic mass is 35.5. The minimum absolute atomic E-state index is 0.0194. The van der Waals surface area contributed by atoms with Gasteiger partial charge in [-0.25, -0.2) is 23.7 Å². The van der Waals surface area contributed by atoms with Gasteiger partial charge in [0.15, 0.2) is 5.82 Å². The van der Waals surface area contributed by atoms with Crippen molar-refractivity contribution in [2.45, 2.75) is 50.4 Å². The molecule has 0 radical (unpaired) electrons. The lowest BCUT2D eigenvalue weighted by atomic mass is 9.95. The zero-order valence-corrected chi connectivity index (χ0v) is 25.8. The number of rotatable bonds is 6. The number of nitrogen functional groups attached to an aromatic ring is 2. The lowest BCUT2D eigenvalue weighted by Crippen LogP contribution is -2.43. The molecule has 4 aromatic heterocycles. The van der Waals surface area contributed by atoms with Crippen molar-refractivity contribution in [2.24, 2.45) is 0 Å². The zero-order valence-electron chi connectivity index (χ0n) is 25.0. The quantitative estimate of drug-likeness (QED) is 0.196. The van der Waals surface area contributed by atoms with Crippen LogP contribution in [0.2, 0.25) is 5.15 Å². The van der Waals surface area contributed by atoms with Crippen LogP contribution >= 0.6 is 11.6 Å². The standard InChI is InChI=1S/C30H29ClF5N9O2/c1-14(16-10-15(32)12-39-25(16)38)45-8-9-46-27-19-23(21(33)22(41-27)17-11-18(37)40-24(31)20(17)30(34,35)36)42-28(43-26(19)45)47-13-29-4-2-6-44(29)7-3-5-29/h10-12,14H,2-9,13H2,1H3,(H2,37,40)(H2,38,39). The Morgan fingerprint density at radius 1 is 1.06 bits per heavy atom. The van der Waals surface area contributed by atoms with E-state index in [9.17, 15) is 17.6 Å². The van der Waals surface area contributed by atoms with Crippen LogP contribution in [-0.2, 0) is 6.18 Å². The molecule has 11 nitrogen and oxygen atoms in total. The number of pyridine rings is 3. The Kier molecular flexibility index (Phi) is 7.62. The van der Waals surface area contributed by atoms with Crippen LogP contribution in [0, 0.1) is 11.6 Å². The number of fused-ring (bicyclic) bond motifs is 1. The Balaban J connectivity index is 1.43. The van der Waals surface area contributed by atoms with E-state index in [1.54, 1.807) is 11.8 Å².